The van der Waals surface area contributed by atoms with Gasteiger partial charge in [-0.15, -0.1) is 0 Å². The van der Waals surface area contributed by atoms with Crippen molar-refractivity contribution < 1.29 is 27.9 Å². The Morgan fingerprint density at radius 2 is 1.89 bits per heavy atom. The molecule has 18 heavy (non-hydrogen) atoms. The third kappa shape index (κ3) is 8.62. The van der Waals surface area contributed by atoms with Crippen molar-refractivity contribution in [1.82, 2.24) is 15.5 Å². The lowest BCUT2D eigenvalue weighted by Gasteiger charge is -2.22. The fourth-order valence-electron chi connectivity index (χ4n) is 1.15. The standard InChI is InChI=1S/C9H16F3N3O3/c1-13-3-2-4-14-8(18)15(5-7(16)17)6-9(10,11)12/h13H,2-6H2,1H3,(H,14,18)(H,16,17). The quantitative estimate of drug-likeness (QED) is 0.580. The summed E-state index contributed by atoms with van der Waals surface area (Å²) in [4.78, 5) is 21.9. The van der Waals surface area contributed by atoms with Crippen LogP contribution in [0.15, 0.2) is 0 Å². The highest BCUT2D eigenvalue weighted by Crippen LogP contribution is 2.16. The Morgan fingerprint density at radius 1 is 1.28 bits per heavy atom. The van der Waals surface area contributed by atoms with Crippen LogP contribution in [-0.4, -0.2) is 61.4 Å². The predicted molar refractivity (Wildman–Crippen MR) is 57.2 cm³/mol. The van der Waals surface area contributed by atoms with Crippen molar-refractivity contribution in [2.45, 2.75) is 12.6 Å². The molecular weight excluding hydrogens is 255 g/mol. The molecule has 0 aliphatic heterocycles. The Bertz CT molecular complexity index is 284. The number of halogens is 3. The monoisotopic (exact) mass is 271 g/mol. The van der Waals surface area contributed by atoms with Crippen LogP contribution in [0, 0.1) is 0 Å². The molecule has 106 valence electrons. The molecule has 0 saturated heterocycles. The van der Waals surface area contributed by atoms with Crippen LogP contribution in [0.5, 0.6) is 0 Å². The van der Waals surface area contributed by atoms with Crippen LogP contribution in [0.2, 0.25) is 0 Å². The first-order valence-corrected chi connectivity index (χ1v) is 5.22. The minimum Gasteiger partial charge on any atom is -0.480 e. The molecule has 0 heterocycles. The second-order valence-corrected chi connectivity index (χ2v) is 3.55. The van der Waals surface area contributed by atoms with Crippen LogP contribution < -0.4 is 10.6 Å². The van der Waals surface area contributed by atoms with Crippen molar-refractivity contribution in [2.24, 2.45) is 0 Å². The van der Waals surface area contributed by atoms with E-state index in [-0.39, 0.29) is 11.4 Å². The number of urea groups is 1. The molecule has 0 bridgehead atoms. The summed E-state index contributed by atoms with van der Waals surface area (Å²) in [5.41, 5.74) is 0. The smallest absolute Gasteiger partial charge is 0.406 e. The maximum Gasteiger partial charge on any atom is 0.406 e. The van der Waals surface area contributed by atoms with E-state index in [9.17, 15) is 22.8 Å². The highest BCUT2D eigenvalue weighted by Gasteiger charge is 2.33. The van der Waals surface area contributed by atoms with E-state index in [1.165, 1.54) is 0 Å². The molecule has 3 N–H and O–H groups in total. The van der Waals surface area contributed by atoms with Gasteiger partial charge >= 0.3 is 18.2 Å². The van der Waals surface area contributed by atoms with Crippen LogP contribution in [0.3, 0.4) is 0 Å². The Kier molecular flexibility index (Phi) is 7.10. The largest absolute Gasteiger partial charge is 0.480 e. The molecule has 9 heteroatoms. The van der Waals surface area contributed by atoms with Gasteiger partial charge in [0.05, 0.1) is 0 Å². The maximum atomic E-state index is 12.1. The molecule has 0 aliphatic rings. The second kappa shape index (κ2) is 7.75. The van der Waals surface area contributed by atoms with Crippen LogP contribution in [-0.2, 0) is 4.79 Å². The van der Waals surface area contributed by atoms with Crippen molar-refractivity contribution in [2.75, 3.05) is 33.2 Å². The molecule has 2 amide bonds. The highest BCUT2D eigenvalue weighted by molar-refractivity contribution is 5.80. The summed E-state index contributed by atoms with van der Waals surface area (Å²) >= 11 is 0. The van der Waals surface area contributed by atoms with E-state index in [2.05, 4.69) is 10.6 Å². The summed E-state index contributed by atoms with van der Waals surface area (Å²) in [6, 6.07) is -1.04. The van der Waals surface area contributed by atoms with Gasteiger partial charge in [0.2, 0.25) is 0 Å². The Morgan fingerprint density at radius 3 is 2.33 bits per heavy atom. The Balaban J connectivity index is 4.27. The molecule has 0 spiro atoms. The number of carbonyl (C=O) groups excluding carboxylic acids is 1. The number of aliphatic carboxylic acids is 1. The minimum absolute atomic E-state index is 0.174. The fourth-order valence-corrected chi connectivity index (χ4v) is 1.15. The zero-order valence-electron chi connectivity index (χ0n) is 9.88. The molecule has 0 aromatic heterocycles. The molecule has 0 saturated carbocycles. The number of rotatable bonds is 7. The first kappa shape index (κ1) is 16.5. The number of hydrogen-bond acceptors (Lipinski definition) is 3. The van der Waals surface area contributed by atoms with Gasteiger partial charge in [0, 0.05) is 6.54 Å². The third-order valence-corrected chi connectivity index (χ3v) is 1.86. The summed E-state index contributed by atoms with van der Waals surface area (Å²) in [5, 5.41) is 13.5. The number of alkyl halides is 3. The fraction of sp³-hybridized carbons (Fsp3) is 0.778. The van der Waals surface area contributed by atoms with Gasteiger partial charge in [-0.2, -0.15) is 13.2 Å². The van der Waals surface area contributed by atoms with E-state index in [1.54, 1.807) is 7.05 Å². The van der Waals surface area contributed by atoms with Gasteiger partial charge in [0.1, 0.15) is 13.1 Å². The van der Waals surface area contributed by atoms with E-state index < -0.39 is 31.3 Å². The van der Waals surface area contributed by atoms with Crippen LogP contribution in [0.25, 0.3) is 0 Å². The zero-order valence-corrected chi connectivity index (χ0v) is 9.88. The normalized spacial score (nSPS) is 11.1. The summed E-state index contributed by atoms with van der Waals surface area (Å²) < 4.78 is 36.4. The number of carbonyl (C=O) groups is 2. The number of carboxylic acids is 1. The van der Waals surface area contributed by atoms with Gasteiger partial charge < -0.3 is 20.6 Å². The van der Waals surface area contributed by atoms with E-state index in [0.29, 0.717) is 13.0 Å². The van der Waals surface area contributed by atoms with Crippen molar-refractivity contribution in [3.8, 4) is 0 Å². The van der Waals surface area contributed by atoms with Gasteiger partial charge in [0.15, 0.2) is 0 Å². The lowest BCUT2D eigenvalue weighted by molar-refractivity contribution is -0.148. The van der Waals surface area contributed by atoms with E-state index >= 15 is 0 Å². The molecule has 0 rings (SSSR count). The summed E-state index contributed by atoms with van der Waals surface area (Å²) in [5.74, 6) is -1.50. The minimum atomic E-state index is -4.63. The number of nitrogens with one attached hydrogen (secondary N) is 2. The topological polar surface area (TPSA) is 81.7 Å². The molecule has 6 nitrogen and oxygen atoms in total. The summed E-state index contributed by atoms with van der Waals surface area (Å²) in [6.45, 7) is -1.80. The van der Waals surface area contributed by atoms with Gasteiger partial charge in [-0.05, 0) is 20.0 Å². The van der Waals surface area contributed by atoms with Crippen LogP contribution in [0.1, 0.15) is 6.42 Å². The Labute approximate surface area is 102 Å². The van der Waals surface area contributed by atoms with E-state index in [1.807, 2.05) is 0 Å². The van der Waals surface area contributed by atoms with Crippen molar-refractivity contribution >= 4 is 12.0 Å². The van der Waals surface area contributed by atoms with Crippen molar-refractivity contribution in [3.63, 3.8) is 0 Å². The number of amides is 2. The highest BCUT2D eigenvalue weighted by atomic mass is 19.4. The summed E-state index contributed by atoms with van der Waals surface area (Å²) in [6.07, 6.45) is -4.09. The summed E-state index contributed by atoms with van der Waals surface area (Å²) in [7, 11) is 1.70. The molecule has 0 atom stereocenters. The molecule has 0 fully saturated rings. The predicted octanol–water partition coefficient (Wildman–Crippen LogP) is 0.254. The number of carboxylic acid groups (broad SMARTS) is 1. The first-order chi connectivity index (χ1) is 8.26. The molecule has 0 radical (unpaired) electrons. The maximum absolute atomic E-state index is 12.1. The van der Waals surface area contributed by atoms with Crippen molar-refractivity contribution in [1.29, 1.82) is 0 Å². The number of hydrogen-bond donors (Lipinski definition) is 3. The molecule has 0 aromatic rings. The van der Waals surface area contributed by atoms with Gasteiger partial charge in [-0.1, -0.05) is 0 Å². The Hall–Kier alpha value is -1.51. The molecular formula is C9H16F3N3O3. The third-order valence-electron chi connectivity index (χ3n) is 1.86. The molecule has 0 aromatic carbocycles. The SMILES string of the molecule is CNCCCNC(=O)N(CC(=O)O)CC(F)(F)F. The lowest BCUT2D eigenvalue weighted by Crippen LogP contribution is -2.47. The van der Waals surface area contributed by atoms with E-state index in [0.717, 1.165) is 0 Å². The zero-order chi connectivity index (χ0) is 14.2. The molecule has 0 unspecified atom stereocenters. The number of nitrogens with zero attached hydrogens (tertiary/aromatic N) is 1. The second-order valence-electron chi connectivity index (χ2n) is 3.55. The van der Waals surface area contributed by atoms with E-state index in [4.69, 9.17) is 5.11 Å². The first-order valence-electron chi connectivity index (χ1n) is 5.22. The van der Waals surface area contributed by atoms with Gasteiger partial charge in [-0.25, -0.2) is 4.79 Å². The van der Waals surface area contributed by atoms with Crippen molar-refractivity contribution in [3.05, 3.63) is 0 Å². The van der Waals surface area contributed by atoms with Crippen LogP contribution >= 0.6 is 0 Å². The average molecular weight is 271 g/mol. The van der Waals surface area contributed by atoms with Crippen LogP contribution in [0.4, 0.5) is 18.0 Å². The average Bonchev–Trinajstić information content (AvgIpc) is 2.20. The molecule has 0 aliphatic carbocycles. The van der Waals surface area contributed by atoms with Gasteiger partial charge in [0.25, 0.3) is 0 Å². The lowest BCUT2D eigenvalue weighted by atomic mass is 10.4. The van der Waals surface area contributed by atoms with Gasteiger partial charge in [-0.3, -0.25) is 4.79 Å².